The molecule has 0 radical (unpaired) electrons. The van der Waals surface area contributed by atoms with E-state index in [0.29, 0.717) is 6.42 Å². The maximum atomic E-state index is 10.5. The number of benzene rings is 2. The predicted octanol–water partition coefficient (Wildman–Crippen LogP) is 3.42. The number of carbonyl (C=O) groups is 1. The molecule has 0 aromatic heterocycles. The maximum Gasteiger partial charge on any atom is 0.303 e. The Hall–Kier alpha value is -2.78. The second-order valence-corrected chi connectivity index (χ2v) is 7.80. The van der Waals surface area contributed by atoms with Crippen LogP contribution in [-0.4, -0.2) is 29.0 Å². The summed E-state index contributed by atoms with van der Waals surface area (Å²) in [7, 11) is -4.27. The van der Waals surface area contributed by atoms with Gasteiger partial charge in [0.1, 0.15) is 0 Å². The van der Waals surface area contributed by atoms with Crippen LogP contribution in [0.4, 0.5) is 5.69 Å². The zero-order valence-corrected chi connectivity index (χ0v) is 15.9. The van der Waals surface area contributed by atoms with Crippen molar-refractivity contribution in [3.63, 3.8) is 0 Å². The largest absolute Gasteiger partial charge is 0.481 e. The number of nitrogens with zero attached hydrogens (tertiary/aromatic N) is 1. The molecule has 150 valence electrons. The summed E-state index contributed by atoms with van der Waals surface area (Å²) in [5.74, 6) is -0.705. The predicted molar refractivity (Wildman–Crippen MR) is 102 cm³/mol. The molecule has 2 N–H and O–H groups in total. The van der Waals surface area contributed by atoms with Crippen LogP contribution in [-0.2, 0) is 34.2 Å². The fraction of sp³-hybridized carbons (Fsp3) is 0.316. The van der Waals surface area contributed by atoms with Crippen LogP contribution in [0.15, 0.2) is 47.4 Å². The highest BCUT2D eigenvalue weighted by Crippen LogP contribution is 2.25. The third kappa shape index (κ3) is 6.14. The molecule has 0 amide bonds. The van der Waals surface area contributed by atoms with Gasteiger partial charge in [-0.2, -0.15) is 8.42 Å². The molecule has 0 unspecified atom stereocenters. The maximum absolute atomic E-state index is 10.5. The van der Waals surface area contributed by atoms with Gasteiger partial charge in [-0.25, -0.2) is 0 Å². The van der Waals surface area contributed by atoms with Gasteiger partial charge in [0.25, 0.3) is 15.8 Å². The van der Waals surface area contributed by atoms with Crippen LogP contribution >= 0.6 is 0 Å². The van der Waals surface area contributed by atoms with E-state index in [1.54, 1.807) is 0 Å². The first-order chi connectivity index (χ1) is 13.2. The number of non-ortho nitro benzene ring substituents is 1. The van der Waals surface area contributed by atoms with Crippen LogP contribution in [0.1, 0.15) is 36.0 Å². The Morgan fingerprint density at radius 2 is 1.71 bits per heavy atom. The van der Waals surface area contributed by atoms with Crippen molar-refractivity contribution in [2.24, 2.45) is 0 Å². The van der Waals surface area contributed by atoms with Gasteiger partial charge in [0.05, 0.1) is 9.82 Å². The van der Waals surface area contributed by atoms with Gasteiger partial charge >= 0.3 is 5.97 Å². The number of carboxylic acid groups (broad SMARTS) is 1. The minimum atomic E-state index is -4.27. The van der Waals surface area contributed by atoms with E-state index in [0.717, 1.165) is 37.1 Å². The first-order valence-corrected chi connectivity index (χ1v) is 10.2. The van der Waals surface area contributed by atoms with Crippen LogP contribution in [0.2, 0.25) is 0 Å². The fourth-order valence-corrected chi connectivity index (χ4v) is 3.56. The summed E-state index contributed by atoms with van der Waals surface area (Å²) in [5.41, 5.74) is 3.87. The standard InChI is InChI=1S/C13H16O2.C6H5NO5S/c14-13(15)9-8-11-6-3-5-10-4-1-2-7-12(10)11;8-7(9)5-1-3-6(4-2-5)13(10,11)12/h3,5-6H,1-2,4,7-9H2,(H,14,15);1-4H,(H,10,11,12). The first kappa shape index (κ1) is 21.5. The van der Waals surface area contributed by atoms with Gasteiger partial charge < -0.3 is 5.11 Å². The van der Waals surface area contributed by atoms with Crippen LogP contribution in [0, 0.1) is 10.1 Å². The number of hydrogen-bond donors (Lipinski definition) is 2. The highest BCUT2D eigenvalue weighted by molar-refractivity contribution is 7.85. The first-order valence-electron chi connectivity index (χ1n) is 8.72. The summed E-state index contributed by atoms with van der Waals surface area (Å²) in [6, 6.07) is 10.3. The summed E-state index contributed by atoms with van der Waals surface area (Å²) < 4.78 is 29.5. The molecule has 0 atom stereocenters. The second kappa shape index (κ2) is 9.43. The van der Waals surface area contributed by atoms with Crippen LogP contribution in [0.5, 0.6) is 0 Å². The van der Waals surface area contributed by atoms with E-state index < -0.39 is 21.0 Å². The molecule has 28 heavy (non-hydrogen) atoms. The van der Waals surface area contributed by atoms with Crippen LogP contribution in [0.3, 0.4) is 0 Å². The van der Waals surface area contributed by atoms with Crippen molar-refractivity contribution < 1.29 is 27.8 Å². The lowest BCUT2D eigenvalue weighted by atomic mass is 9.87. The molecule has 3 rings (SSSR count). The third-order valence-corrected chi connectivity index (χ3v) is 5.31. The molecular formula is C19H21NO7S. The normalized spacial score (nSPS) is 13.0. The van der Waals surface area contributed by atoms with E-state index in [1.165, 1.54) is 29.5 Å². The lowest BCUT2D eigenvalue weighted by Gasteiger charge is -2.18. The van der Waals surface area contributed by atoms with Gasteiger partial charge in [0.2, 0.25) is 0 Å². The van der Waals surface area contributed by atoms with E-state index in [9.17, 15) is 23.3 Å². The van der Waals surface area contributed by atoms with E-state index in [2.05, 4.69) is 18.2 Å². The highest BCUT2D eigenvalue weighted by atomic mass is 32.2. The molecule has 1 aliphatic rings. The number of fused-ring (bicyclic) bond motifs is 1. The molecule has 8 nitrogen and oxygen atoms in total. The van der Waals surface area contributed by atoms with Crippen molar-refractivity contribution in [3.8, 4) is 0 Å². The average molecular weight is 407 g/mol. The smallest absolute Gasteiger partial charge is 0.303 e. The van der Waals surface area contributed by atoms with Gasteiger partial charge in [-0.15, -0.1) is 0 Å². The molecule has 0 spiro atoms. The quantitative estimate of drug-likeness (QED) is 0.440. The fourth-order valence-electron chi connectivity index (χ4n) is 3.08. The Morgan fingerprint density at radius 1 is 1.07 bits per heavy atom. The number of aryl methyl sites for hydroxylation is 2. The van der Waals surface area contributed by atoms with Gasteiger partial charge in [0, 0.05) is 18.6 Å². The molecule has 9 heteroatoms. The molecule has 2 aromatic rings. The molecule has 0 aliphatic heterocycles. The minimum Gasteiger partial charge on any atom is -0.481 e. The van der Waals surface area contributed by atoms with E-state index in [-0.39, 0.29) is 17.0 Å². The van der Waals surface area contributed by atoms with Crippen LogP contribution < -0.4 is 0 Å². The van der Waals surface area contributed by atoms with E-state index >= 15 is 0 Å². The van der Waals surface area contributed by atoms with Crippen molar-refractivity contribution >= 4 is 21.8 Å². The number of aliphatic carboxylic acids is 1. The van der Waals surface area contributed by atoms with Gasteiger partial charge in [-0.3, -0.25) is 19.5 Å². The Balaban J connectivity index is 0.000000203. The zero-order chi connectivity index (χ0) is 20.7. The summed E-state index contributed by atoms with van der Waals surface area (Å²) in [5, 5.41) is 18.8. The Kier molecular flexibility index (Phi) is 7.24. The van der Waals surface area contributed by atoms with Crippen molar-refractivity contribution in [3.05, 3.63) is 69.3 Å². The lowest BCUT2D eigenvalue weighted by Crippen LogP contribution is -2.07. The number of carboxylic acids is 1. The summed E-state index contributed by atoms with van der Waals surface area (Å²) in [6.07, 6.45) is 5.74. The molecule has 0 bridgehead atoms. The average Bonchev–Trinajstić information content (AvgIpc) is 2.66. The van der Waals surface area contributed by atoms with Crippen molar-refractivity contribution in [1.29, 1.82) is 0 Å². The van der Waals surface area contributed by atoms with Crippen LogP contribution in [0.25, 0.3) is 0 Å². The minimum absolute atomic E-state index is 0.229. The molecule has 2 aromatic carbocycles. The summed E-state index contributed by atoms with van der Waals surface area (Å²) in [6.45, 7) is 0. The number of nitro benzene ring substituents is 1. The van der Waals surface area contributed by atoms with Gasteiger partial charge in [0.15, 0.2) is 0 Å². The number of nitro groups is 1. The van der Waals surface area contributed by atoms with E-state index in [4.69, 9.17) is 9.66 Å². The molecule has 1 aliphatic carbocycles. The summed E-state index contributed by atoms with van der Waals surface area (Å²) >= 11 is 0. The highest BCUT2D eigenvalue weighted by Gasteiger charge is 2.13. The van der Waals surface area contributed by atoms with Crippen molar-refractivity contribution in [2.75, 3.05) is 0 Å². The van der Waals surface area contributed by atoms with E-state index in [1.807, 2.05) is 0 Å². The van der Waals surface area contributed by atoms with Crippen molar-refractivity contribution in [2.45, 2.75) is 43.4 Å². The Bertz CT molecular complexity index is 953. The Labute approximate surface area is 162 Å². The topological polar surface area (TPSA) is 135 Å². The third-order valence-electron chi connectivity index (χ3n) is 4.45. The van der Waals surface area contributed by atoms with Crippen molar-refractivity contribution in [1.82, 2.24) is 0 Å². The molecular weight excluding hydrogens is 386 g/mol. The number of rotatable bonds is 5. The SMILES string of the molecule is O=C(O)CCc1cccc2c1CCCC2.O=[N+]([O-])c1ccc(S(=O)(=O)O)cc1. The van der Waals surface area contributed by atoms with Gasteiger partial charge in [-0.05, 0) is 60.9 Å². The molecule has 0 saturated carbocycles. The second-order valence-electron chi connectivity index (χ2n) is 6.38. The number of hydrogen-bond acceptors (Lipinski definition) is 5. The monoisotopic (exact) mass is 407 g/mol. The molecule has 0 saturated heterocycles. The molecule has 0 heterocycles. The van der Waals surface area contributed by atoms with Gasteiger partial charge in [-0.1, -0.05) is 18.2 Å². The summed E-state index contributed by atoms with van der Waals surface area (Å²) in [4.78, 5) is 19.7. The Morgan fingerprint density at radius 3 is 2.29 bits per heavy atom. The lowest BCUT2D eigenvalue weighted by molar-refractivity contribution is -0.384. The zero-order valence-electron chi connectivity index (χ0n) is 15.1. The molecule has 0 fully saturated rings.